The van der Waals surface area contributed by atoms with Gasteiger partial charge in [0.15, 0.2) is 0 Å². The molecule has 1 rings (SSSR count). The summed E-state index contributed by atoms with van der Waals surface area (Å²) in [6.07, 6.45) is 0. The zero-order valence-electron chi connectivity index (χ0n) is 4.67. The first kappa shape index (κ1) is 7.22. The molecule has 0 unspecified atom stereocenters. The minimum atomic E-state index is 0.747. The Bertz CT molecular complexity index is 185. The summed E-state index contributed by atoms with van der Waals surface area (Å²) in [6.45, 7) is 0. The van der Waals surface area contributed by atoms with E-state index in [-0.39, 0.29) is 0 Å². The van der Waals surface area contributed by atoms with Crippen LogP contribution in [0.4, 0.5) is 0 Å². The zero-order valence-corrected chi connectivity index (χ0v) is 8.72. The predicted molar refractivity (Wildman–Crippen MR) is 39.2 cm³/mol. The second-order valence-corrected chi connectivity index (χ2v) is 2.68. The number of rotatable bonds is 1. The molecule has 0 saturated carbocycles. The third-order valence-corrected chi connectivity index (χ3v) is 1.98. The molecular weight excluding hydrogens is 242 g/mol. The van der Waals surface area contributed by atoms with Crippen LogP contribution in [-0.2, 0) is 0 Å². The topological polar surface area (TPSA) is 9.23 Å². The van der Waals surface area contributed by atoms with Gasteiger partial charge < -0.3 is 0 Å². The fourth-order valence-electron chi connectivity index (χ4n) is 0.513. The minimum absolute atomic E-state index is 0.747. The fraction of sp³-hybridized carbons (Fsp3) is 0. The summed E-state index contributed by atoms with van der Waals surface area (Å²) in [6, 6.07) is 7.33. The third-order valence-electron chi connectivity index (χ3n) is 0.950. The molecule has 2 radical (unpaired) electrons. The van der Waals surface area contributed by atoms with E-state index in [1.807, 2.05) is 24.3 Å². The summed E-state index contributed by atoms with van der Waals surface area (Å²) in [7, 11) is 0. The molecular formula is C6H5ClOSn. The quantitative estimate of drug-likeness (QED) is 0.684. The van der Waals surface area contributed by atoms with Gasteiger partial charge in [0.05, 0.1) is 0 Å². The molecule has 0 aliphatic carbocycles. The number of benzene rings is 1. The summed E-state index contributed by atoms with van der Waals surface area (Å²) in [4.78, 5) is 0. The van der Waals surface area contributed by atoms with Crippen molar-refractivity contribution >= 4 is 34.5 Å². The molecule has 0 atom stereocenters. The van der Waals surface area contributed by atoms with E-state index >= 15 is 0 Å². The Morgan fingerprint density at radius 1 is 1.22 bits per heavy atom. The average molecular weight is 247 g/mol. The molecule has 9 heavy (non-hydrogen) atoms. The van der Waals surface area contributed by atoms with Crippen molar-refractivity contribution in [1.29, 1.82) is 0 Å². The molecule has 1 nitrogen and oxygen atoms in total. The second-order valence-electron chi connectivity index (χ2n) is 1.57. The normalized spacial score (nSPS) is 9.11. The van der Waals surface area contributed by atoms with Gasteiger partial charge in [0.25, 0.3) is 0 Å². The van der Waals surface area contributed by atoms with Gasteiger partial charge in [-0.05, 0) is 0 Å². The Hall–Kier alpha value is 0.109. The van der Waals surface area contributed by atoms with Crippen LogP contribution in [0, 0.1) is 0 Å². The Balaban J connectivity index is 2.88. The average Bonchev–Trinajstić information content (AvgIpc) is 1.90. The van der Waals surface area contributed by atoms with E-state index < -0.39 is 0 Å². The molecule has 0 heterocycles. The Labute approximate surface area is 72.6 Å². The van der Waals surface area contributed by atoms with Gasteiger partial charge in [0.1, 0.15) is 0 Å². The standard InChI is InChI=1S/C6H5ClO.Sn.H/c7-5-1-3-6(8)4-2-5;;/h1-4,8H;;/q;+1;/p-1. The van der Waals surface area contributed by atoms with Crippen LogP contribution in [0.5, 0.6) is 5.75 Å². The molecule has 1 aromatic carbocycles. The first-order chi connectivity index (χ1) is 4.33. The molecule has 46 valence electrons. The number of halogens is 1. The van der Waals surface area contributed by atoms with Crippen molar-refractivity contribution < 1.29 is 3.07 Å². The van der Waals surface area contributed by atoms with Crippen LogP contribution in [-0.4, -0.2) is 22.9 Å². The fourth-order valence-corrected chi connectivity index (χ4v) is 1.09. The summed E-state index contributed by atoms with van der Waals surface area (Å²) in [5, 5.41) is 0.747. The van der Waals surface area contributed by atoms with Gasteiger partial charge in [0, 0.05) is 0 Å². The Kier molecular flexibility index (Phi) is 2.66. The zero-order chi connectivity index (χ0) is 6.69. The molecule has 0 aliphatic rings. The van der Waals surface area contributed by atoms with Gasteiger partial charge in [-0.2, -0.15) is 0 Å². The number of hydrogen-bond acceptors (Lipinski definition) is 1. The van der Waals surface area contributed by atoms with Crippen LogP contribution in [0.1, 0.15) is 0 Å². The van der Waals surface area contributed by atoms with Gasteiger partial charge in [-0.25, -0.2) is 0 Å². The van der Waals surface area contributed by atoms with Gasteiger partial charge in [-0.1, -0.05) is 0 Å². The molecule has 0 spiro atoms. The van der Waals surface area contributed by atoms with E-state index in [1.54, 1.807) is 0 Å². The summed E-state index contributed by atoms with van der Waals surface area (Å²) in [5.74, 6) is 0.891. The van der Waals surface area contributed by atoms with Crippen molar-refractivity contribution in [2.24, 2.45) is 0 Å². The van der Waals surface area contributed by atoms with Crippen LogP contribution < -0.4 is 3.07 Å². The molecule has 0 amide bonds. The molecule has 0 fully saturated rings. The molecule has 0 bridgehead atoms. The van der Waals surface area contributed by atoms with Crippen molar-refractivity contribution in [1.82, 2.24) is 0 Å². The van der Waals surface area contributed by atoms with Crippen LogP contribution in [0.15, 0.2) is 24.3 Å². The molecule has 3 heteroatoms. The van der Waals surface area contributed by atoms with Gasteiger partial charge in [-0.3, -0.25) is 0 Å². The SMILES string of the molecule is Clc1ccc([O][SnH])cc1. The van der Waals surface area contributed by atoms with Crippen molar-refractivity contribution in [3.8, 4) is 5.75 Å². The maximum absolute atomic E-state index is 5.62. The molecule has 1 aromatic rings. The summed E-state index contributed by atoms with van der Waals surface area (Å²) >= 11 is 6.41. The van der Waals surface area contributed by atoms with Crippen molar-refractivity contribution in [3.63, 3.8) is 0 Å². The second kappa shape index (κ2) is 3.32. The maximum atomic E-state index is 5.62. The van der Waals surface area contributed by atoms with Crippen LogP contribution in [0.2, 0.25) is 5.02 Å². The van der Waals surface area contributed by atoms with Gasteiger partial charge in [0.2, 0.25) is 0 Å². The van der Waals surface area contributed by atoms with E-state index in [2.05, 4.69) is 0 Å². The first-order valence-corrected chi connectivity index (χ1v) is 4.17. The van der Waals surface area contributed by atoms with Crippen LogP contribution in [0.3, 0.4) is 0 Å². The van der Waals surface area contributed by atoms with E-state index in [0.717, 1.165) is 33.7 Å². The molecule has 0 aromatic heterocycles. The predicted octanol–water partition coefficient (Wildman–Crippen LogP) is 1.53. The van der Waals surface area contributed by atoms with Crippen molar-refractivity contribution in [2.75, 3.05) is 0 Å². The van der Waals surface area contributed by atoms with E-state index in [0.29, 0.717) is 0 Å². The van der Waals surface area contributed by atoms with E-state index in [9.17, 15) is 0 Å². The molecule has 0 aliphatic heterocycles. The van der Waals surface area contributed by atoms with Crippen molar-refractivity contribution in [2.45, 2.75) is 0 Å². The first-order valence-electron chi connectivity index (χ1n) is 2.45. The molecule has 0 N–H and O–H groups in total. The van der Waals surface area contributed by atoms with Gasteiger partial charge in [-0.15, -0.1) is 0 Å². The monoisotopic (exact) mass is 248 g/mol. The Morgan fingerprint density at radius 2 is 1.78 bits per heavy atom. The van der Waals surface area contributed by atoms with E-state index in [1.165, 1.54) is 0 Å². The number of hydrogen-bond donors (Lipinski definition) is 0. The summed E-state index contributed by atoms with van der Waals surface area (Å²) < 4.78 is 5.04. The summed E-state index contributed by atoms with van der Waals surface area (Å²) in [5.41, 5.74) is 0. The van der Waals surface area contributed by atoms with Gasteiger partial charge >= 0.3 is 72.7 Å². The molecule has 0 saturated heterocycles. The van der Waals surface area contributed by atoms with E-state index in [4.69, 9.17) is 14.7 Å². The van der Waals surface area contributed by atoms with Crippen LogP contribution >= 0.6 is 11.6 Å². The Morgan fingerprint density at radius 3 is 2.22 bits per heavy atom. The van der Waals surface area contributed by atoms with Crippen molar-refractivity contribution in [3.05, 3.63) is 29.3 Å². The van der Waals surface area contributed by atoms with Crippen LogP contribution in [0.25, 0.3) is 0 Å². The third kappa shape index (κ3) is 2.06.